The summed E-state index contributed by atoms with van der Waals surface area (Å²) in [7, 11) is 0. The average molecular weight is 220 g/mol. The Hall–Kier alpha value is -1.16. The van der Waals surface area contributed by atoms with Gasteiger partial charge >= 0.3 is 0 Å². The smallest absolute Gasteiger partial charge is 0.220 e. The van der Waals surface area contributed by atoms with E-state index >= 15 is 0 Å². The first-order chi connectivity index (χ1) is 7.52. The van der Waals surface area contributed by atoms with Crippen molar-refractivity contribution in [3.05, 3.63) is 17.5 Å². The molecule has 0 saturated heterocycles. The summed E-state index contributed by atoms with van der Waals surface area (Å²) in [5.41, 5.74) is 8.25. The van der Waals surface area contributed by atoms with Crippen molar-refractivity contribution in [1.82, 2.24) is 15.3 Å². The van der Waals surface area contributed by atoms with Crippen LogP contribution in [0.15, 0.2) is 6.20 Å². The van der Waals surface area contributed by atoms with E-state index in [2.05, 4.69) is 36.1 Å². The molecule has 1 aromatic rings. The van der Waals surface area contributed by atoms with Crippen molar-refractivity contribution in [2.75, 3.05) is 12.3 Å². The molecule has 0 aliphatic heterocycles. The Morgan fingerprint density at radius 3 is 3.00 bits per heavy atom. The number of nitrogens with one attached hydrogen (secondary N) is 1. The average Bonchev–Trinajstić information content (AvgIpc) is 2.15. The lowest BCUT2D eigenvalue weighted by Gasteiger charge is -2.36. The van der Waals surface area contributed by atoms with Gasteiger partial charge in [-0.15, -0.1) is 0 Å². The fraction of sp³-hybridized carbons (Fsp3) is 0.667. The normalized spacial score (nSPS) is 22.8. The van der Waals surface area contributed by atoms with Gasteiger partial charge in [0.1, 0.15) is 0 Å². The zero-order valence-corrected chi connectivity index (χ0v) is 10.2. The minimum atomic E-state index is 0.278. The molecule has 0 amide bonds. The van der Waals surface area contributed by atoms with Crippen molar-refractivity contribution in [3.63, 3.8) is 0 Å². The molecule has 0 saturated carbocycles. The number of anilines is 1. The summed E-state index contributed by atoms with van der Waals surface area (Å²) < 4.78 is 0. The first-order valence-corrected chi connectivity index (χ1v) is 5.86. The van der Waals surface area contributed by atoms with Gasteiger partial charge in [0.05, 0.1) is 5.69 Å². The van der Waals surface area contributed by atoms with Crippen molar-refractivity contribution < 1.29 is 0 Å². The maximum atomic E-state index is 5.65. The molecule has 88 valence electrons. The third kappa shape index (κ3) is 2.16. The molecule has 0 aromatic carbocycles. The Labute approximate surface area is 96.7 Å². The highest BCUT2D eigenvalue weighted by atomic mass is 15.0. The van der Waals surface area contributed by atoms with Gasteiger partial charge in [-0.25, -0.2) is 9.97 Å². The monoisotopic (exact) mass is 220 g/mol. The minimum Gasteiger partial charge on any atom is -0.368 e. The minimum absolute atomic E-state index is 0.278. The van der Waals surface area contributed by atoms with Crippen LogP contribution in [0.4, 0.5) is 5.95 Å². The van der Waals surface area contributed by atoms with Crippen LogP contribution in [0.25, 0.3) is 0 Å². The van der Waals surface area contributed by atoms with Gasteiger partial charge in [0.2, 0.25) is 5.95 Å². The lowest BCUT2D eigenvalue weighted by molar-refractivity contribution is 0.255. The zero-order valence-electron chi connectivity index (χ0n) is 10.2. The highest BCUT2D eigenvalue weighted by Gasteiger charge is 2.32. The Morgan fingerprint density at radius 1 is 1.56 bits per heavy atom. The van der Waals surface area contributed by atoms with E-state index in [9.17, 15) is 0 Å². The van der Waals surface area contributed by atoms with Gasteiger partial charge in [0.15, 0.2) is 0 Å². The molecule has 1 unspecified atom stereocenters. The van der Waals surface area contributed by atoms with E-state index in [1.165, 1.54) is 5.56 Å². The van der Waals surface area contributed by atoms with Crippen LogP contribution < -0.4 is 11.1 Å². The lowest BCUT2D eigenvalue weighted by atomic mass is 9.74. The molecule has 1 aromatic heterocycles. The quantitative estimate of drug-likeness (QED) is 0.796. The second-order valence-corrected chi connectivity index (χ2v) is 5.29. The molecule has 0 bridgehead atoms. The third-order valence-corrected chi connectivity index (χ3v) is 3.15. The van der Waals surface area contributed by atoms with Crippen LogP contribution in [0.3, 0.4) is 0 Å². The number of fused-ring (bicyclic) bond motifs is 1. The van der Waals surface area contributed by atoms with E-state index in [1.807, 2.05) is 6.20 Å². The molecular formula is C12H20N4. The number of nitrogens with zero attached hydrogens (tertiary/aromatic N) is 2. The van der Waals surface area contributed by atoms with Gasteiger partial charge in [-0.05, 0) is 24.8 Å². The molecule has 4 heteroatoms. The molecule has 2 rings (SSSR count). The van der Waals surface area contributed by atoms with E-state index < -0.39 is 0 Å². The van der Waals surface area contributed by atoms with Crippen LogP contribution in [-0.2, 0) is 6.42 Å². The third-order valence-electron chi connectivity index (χ3n) is 3.15. The molecular weight excluding hydrogens is 200 g/mol. The number of aromatic nitrogens is 2. The molecule has 1 aliphatic rings. The van der Waals surface area contributed by atoms with Crippen LogP contribution in [0.5, 0.6) is 0 Å². The molecule has 1 atom stereocenters. The molecule has 0 spiro atoms. The van der Waals surface area contributed by atoms with Gasteiger partial charge in [-0.2, -0.15) is 0 Å². The first-order valence-electron chi connectivity index (χ1n) is 5.86. The highest BCUT2D eigenvalue weighted by Crippen LogP contribution is 2.39. The second-order valence-electron chi connectivity index (χ2n) is 5.29. The van der Waals surface area contributed by atoms with Crippen molar-refractivity contribution in [3.8, 4) is 0 Å². The van der Waals surface area contributed by atoms with Crippen molar-refractivity contribution >= 4 is 5.95 Å². The summed E-state index contributed by atoms with van der Waals surface area (Å²) in [6.07, 6.45) is 3.98. The Morgan fingerprint density at radius 2 is 2.31 bits per heavy atom. The maximum absolute atomic E-state index is 5.65. The Kier molecular flexibility index (Phi) is 2.84. The van der Waals surface area contributed by atoms with E-state index in [0.29, 0.717) is 12.0 Å². The summed E-state index contributed by atoms with van der Waals surface area (Å²) >= 11 is 0. The summed E-state index contributed by atoms with van der Waals surface area (Å²) in [6.45, 7) is 7.64. The number of hydrogen-bond donors (Lipinski definition) is 2. The summed E-state index contributed by atoms with van der Waals surface area (Å²) in [5, 5.41) is 3.49. The predicted octanol–water partition coefficient (Wildman–Crippen LogP) is 1.68. The fourth-order valence-electron chi connectivity index (χ4n) is 2.49. The van der Waals surface area contributed by atoms with Gasteiger partial charge in [-0.1, -0.05) is 20.8 Å². The number of hydrogen-bond acceptors (Lipinski definition) is 4. The van der Waals surface area contributed by atoms with Gasteiger partial charge in [0.25, 0.3) is 0 Å². The molecule has 1 aliphatic carbocycles. The van der Waals surface area contributed by atoms with Crippen LogP contribution >= 0.6 is 0 Å². The molecule has 3 N–H and O–H groups in total. The number of nitrogen functional groups attached to an aromatic ring is 1. The van der Waals surface area contributed by atoms with E-state index in [4.69, 9.17) is 5.73 Å². The van der Waals surface area contributed by atoms with Crippen molar-refractivity contribution in [2.24, 2.45) is 5.41 Å². The lowest BCUT2D eigenvalue weighted by Crippen LogP contribution is -2.34. The topological polar surface area (TPSA) is 63.8 Å². The Bertz CT molecular complexity index is 387. The van der Waals surface area contributed by atoms with Gasteiger partial charge in [-0.3, -0.25) is 0 Å². The van der Waals surface area contributed by atoms with Gasteiger partial charge < -0.3 is 11.1 Å². The summed E-state index contributed by atoms with van der Waals surface area (Å²) in [6, 6.07) is 0.365. The number of rotatable bonds is 2. The highest BCUT2D eigenvalue weighted by molar-refractivity contribution is 5.31. The van der Waals surface area contributed by atoms with Crippen LogP contribution in [0.2, 0.25) is 0 Å². The zero-order chi connectivity index (χ0) is 11.8. The molecule has 16 heavy (non-hydrogen) atoms. The van der Waals surface area contributed by atoms with Gasteiger partial charge in [0, 0.05) is 17.8 Å². The molecule has 0 radical (unpaired) electrons. The van der Waals surface area contributed by atoms with Crippen LogP contribution in [0.1, 0.15) is 44.5 Å². The van der Waals surface area contributed by atoms with Crippen LogP contribution in [0, 0.1) is 5.41 Å². The standard InChI is InChI=1S/C12H20N4/c1-4-14-9-5-12(2,3)6-10-8(9)7-15-11(13)16-10/h7,9,14H,4-6H2,1-3H3,(H2,13,15,16). The Balaban J connectivity index is 2.38. The fourth-order valence-corrected chi connectivity index (χ4v) is 2.49. The van der Waals surface area contributed by atoms with E-state index in [1.54, 1.807) is 0 Å². The van der Waals surface area contributed by atoms with Crippen LogP contribution in [-0.4, -0.2) is 16.5 Å². The maximum Gasteiger partial charge on any atom is 0.220 e. The predicted molar refractivity (Wildman–Crippen MR) is 65.0 cm³/mol. The summed E-state index contributed by atoms with van der Waals surface area (Å²) in [5.74, 6) is 0.381. The summed E-state index contributed by atoms with van der Waals surface area (Å²) in [4.78, 5) is 8.47. The largest absolute Gasteiger partial charge is 0.368 e. The number of nitrogens with two attached hydrogens (primary N) is 1. The van der Waals surface area contributed by atoms with Crippen molar-refractivity contribution in [1.29, 1.82) is 0 Å². The van der Waals surface area contributed by atoms with E-state index in [0.717, 1.165) is 25.1 Å². The first kappa shape index (κ1) is 11.3. The molecule has 0 fully saturated rings. The molecule has 4 nitrogen and oxygen atoms in total. The SMILES string of the molecule is CCNC1CC(C)(C)Cc2nc(N)ncc21. The van der Waals surface area contributed by atoms with Crippen molar-refractivity contribution in [2.45, 2.75) is 39.7 Å². The van der Waals surface area contributed by atoms with E-state index in [-0.39, 0.29) is 5.41 Å². The molecule has 1 heterocycles. The second kappa shape index (κ2) is 4.01.